The van der Waals surface area contributed by atoms with E-state index in [-0.39, 0.29) is 36.0 Å². The zero-order chi connectivity index (χ0) is 27.8. The van der Waals surface area contributed by atoms with E-state index in [0.717, 1.165) is 17.3 Å². The van der Waals surface area contributed by atoms with Gasteiger partial charge in [-0.1, -0.05) is 46.7 Å². The summed E-state index contributed by atoms with van der Waals surface area (Å²) in [6.45, 7) is 3.57. The summed E-state index contributed by atoms with van der Waals surface area (Å²) in [5, 5.41) is 17.5. The van der Waals surface area contributed by atoms with Crippen LogP contribution in [0.15, 0.2) is 53.0 Å². The van der Waals surface area contributed by atoms with E-state index in [9.17, 15) is 19.2 Å². The number of aromatic nitrogens is 2. The topological polar surface area (TPSA) is 133 Å². The summed E-state index contributed by atoms with van der Waals surface area (Å²) in [5.74, 6) is -1.10. The molecule has 4 amide bonds. The number of rotatable bonds is 11. The summed E-state index contributed by atoms with van der Waals surface area (Å²) < 4.78 is 0.829. The van der Waals surface area contributed by atoms with Gasteiger partial charge in [0, 0.05) is 53.8 Å². The minimum Gasteiger partial charge on any atom is -0.352 e. The second-order valence-corrected chi connectivity index (χ2v) is 11.1. The number of carbonyl (C=O) groups is 4. The summed E-state index contributed by atoms with van der Waals surface area (Å²) in [4.78, 5) is 51.4. The highest BCUT2D eigenvalue weighted by molar-refractivity contribution is 9.10. The quantitative estimate of drug-likeness (QED) is 0.298. The van der Waals surface area contributed by atoms with Crippen LogP contribution < -0.4 is 16.0 Å². The van der Waals surface area contributed by atoms with Gasteiger partial charge in [0.2, 0.25) is 16.9 Å². The lowest BCUT2D eigenvalue weighted by atomic mass is 10.1. The predicted octanol–water partition coefficient (Wildman–Crippen LogP) is 4.11. The van der Waals surface area contributed by atoms with Crippen molar-refractivity contribution >= 4 is 61.7 Å². The third-order valence-corrected chi connectivity index (χ3v) is 7.57. The van der Waals surface area contributed by atoms with Crippen molar-refractivity contribution in [3.63, 3.8) is 0 Å². The van der Waals surface area contributed by atoms with Crippen molar-refractivity contribution in [1.82, 2.24) is 20.4 Å². The molecule has 3 N–H and O–H groups in total. The maximum Gasteiger partial charge on any atom is 0.257 e. The molecule has 4 rings (SSSR count). The van der Waals surface area contributed by atoms with E-state index in [1.807, 2.05) is 6.07 Å². The maximum absolute atomic E-state index is 12.6. The van der Waals surface area contributed by atoms with Gasteiger partial charge in [0.1, 0.15) is 5.01 Å². The molecule has 1 aliphatic rings. The number of hydrogen-bond donors (Lipinski definition) is 3. The minimum absolute atomic E-state index is 0.0146. The lowest BCUT2D eigenvalue weighted by Gasteiger charge is -2.16. The molecule has 1 fully saturated rings. The molecule has 39 heavy (non-hydrogen) atoms. The minimum atomic E-state index is -0.377. The van der Waals surface area contributed by atoms with Crippen LogP contribution in [0.2, 0.25) is 0 Å². The largest absolute Gasteiger partial charge is 0.352 e. The highest BCUT2D eigenvalue weighted by Crippen LogP contribution is 2.21. The average Bonchev–Trinajstić information content (AvgIpc) is 3.53. The van der Waals surface area contributed by atoms with Crippen LogP contribution >= 0.6 is 27.3 Å². The fourth-order valence-electron chi connectivity index (χ4n) is 4.05. The van der Waals surface area contributed by atoms with Crippen LogP contribution in [0.3, 0.4) is 0 Å². The molecule has 0 saturated carbocycles. The molecule has 1 aromatic heterocycles. The van der Waals surface area contributed by atoms with Crippen molar-refractivity contribution in [2.75, 3.05) is 30.3 Å². The lowest BCUT2D eigenvalue weighted by molar-refractivity contribution is -0.128. The molecule has 1 unspecified atom stereocenters. The molecule has 0 radical (unpaired) electrons. The Morgan fingerprint density at radius 3 is 2.59 bits per heavy atom. The van der Waals surface area contributed by atoms with Gasteiger partial charge in [0.05, 0.1) is 5.92 Å². The van der Waals surface area contributed by atoms with Gasteiger partial charge in [0.15, 0.2) is 0 Å². The molecule has 1 atom stereocenters. The van der Waals surface area contributed by atoms with Crippen molar-refractivity contribution in [3.05, 3.63) is 69.1 Å². The Bertz CT molecular complexity index is 1350. The second-order valence-electron chi connectivity index (χ2n) is 9.13. The van der Waals surface area contributed by atoms with Crippen molar-refractivity contribution in [2.24, 2.45) is 5.92 Å². The van der Waals surface area contributed by atoms with E-state index in [1.54, 1.807) is 47.4 Å². The summed E-state index contributed by atoms with van der Waals surface area (Å²) in [7, 11) is 0. The van der Waals surface area contributed by atoms with E-state index in [2.05, 4.69) is 49.0 Å². The van der Waals surface area contributed by atoms with Gasteiger partial charge in [0.25, 0.3) is 11.8 Å². The zero-order valence-electron chi connectivity index (χ0n) is 21.4. The van der Waals surface area contributed by atoms with Crippen molar-refractivity contribution in [1.29, 1.82) is 0 Å². The van der Waals surface area contributed by atoms with Crippen LogP contribution in [0, 0.1) is 5.92 Å². The van der Waals surface area contributed by atoms with Crippen LogP contribution in [-0.4, -0.2) is 58.4 Å². The van der Waals surface area contributed by atoms with Gasteiger partial charge >= 0.3 is 0 Å². The Morgan fingerprint density at radius 2 is 1.85 bits per heavy atom. The highest BCUT2D eigenvalue weighted by atomic mass is 79.9. The number of nitrogens with one attached hydrogen (secondary N) is 3. The molecular weight excluding hydrogens is 584 g/mol. The SMILES string of the molecule is CCCCN1CC(C(=O)Nc2ccc(C(=O)Nc3nnc(CCNC(=O)c4cccc(Br)c4)s3)cc2)CC1=O. The molecule has 10 nitrogen and oxygen atoms in total. The summed E-state index contributed by atoms with van der Waals surface area (Å²) in [6, 6.07) is 13.6. The third kappa shape index (κ3) is 7.93. The first kappa shape index (κ1) is 28.4. The van der Waals surface area contributed by atoms with E-state index >= 15 is 0 Å². The Hall–Kier alpha value is -3.64. The van der Waals surface area contributed by atoms with E-state index in [0.29, 0.717) is 53.0 Å². The lowest BCUT2D eigenvalue weighted by Crippen LogP contribution is -2.29. The molecular formula is C27H29BrN6O4S. The fraction of sp³-hybridized carbons (Fsp3) is 0.333. The monoisotopic (exact) mass is 612 g/mol. The first-order valence-corrected chi connectivity index (χ1v) is 14.3. The van der Waals surface area contributed by atoms with Gasteiger partial charge in [-0.3, -0.25) is 24.5 Å². The summed E-state index contributed by atoms with van der Waals surface area (Å²) >= 11 is 4.59. The van der Waals surface area contributed by atoms with Crippen LogP contribution in [0.4, 0.5) is 10.8 Å². The first-order valence-electron chi connectivity index (χ1n) is 12.7. The fourth-order valence-corrected chi connectivity index (χ4v) is 5.18. The van der Waals surface area contributed by atoms with Crippen LogP contribution in [0.25, 0.3) is 0 Å². The molecule has 0 aliphatic carbocycles. The number of benzene rings is 2. The van der Waals surface area contributed by atoms with Crippen molar-refractivity contribution in [2.45, 2.75) is 32.6 Å². The van der Waals surface area contributed by atoms with Gasteiger partial charge in [-0.15, -0.1) is 10.2 Å². The zero-order valence-corrected chi connectivity index (χ0v) is 23.8. The molecule has 0 bridgehead atoms. The molecule has 1 aliphatic heterocycles. The number of hydrogen-bond acceptors (Lipinski definition) is 7. The second kappa shape index (κ2) is 13.4. The number of unbranched alkanes of at least 4 members (excludes halogenated alkanes) is 1. The first-order chi connectivity index (χ1) is 18.8. The van der Waals surface area contributed by atoms with Crippen molar-refractivity contribution < 1.29 is 19.2 Å². The average molecular weight is 614 g/mol. The standard InChI is InChI=1S/C27H29BrN6O4S/c1-2-3-13-34-16-19(15-23(34)35)26(38)30-21-9-7-17(8-10-21)25(37)31-27-33-32-22(39-27)11-12-29-24(36)18-5-4-6-20(28)14-18/h4-10,14,19H,2-3,11-13,15-16H2,1H3,(H,29,36)(H,30,38)(H,31,33,37). The van der Waals surface area contributed by atoms with E-state index in [4.69, 9.17) is 0 Å². The Balaban J connectivity index is 1.22. The maximum atomic E-state index is 12.6. The number of amides is 4. The molecule has 2 heterocycles. The molecule has 12 heteroatoms. The molecule has 204 valence electrons. The van der Waals surface area contributed by atoms with Gasteiger partial charge in [-0.05, 0) is 48.9 Å². The highest BCUT2D eigenvalue weighted by Gasteiger charge is 2.33. The Kier molecular flexibility index (Phi) is 9.77. The van der Waals surface area contributed by atoms with Crippen molar-refractivity contribution in [3.8, 4) is 0 Å². The smallest absolute Gasteiger partial charge is 0.257 e. The Labute approximate surface area is 238 Å². The van der Waals surface area contributed by atoms with Crippen LogP contribution in [0.1, 0.15) is 51.9 Å². The van der Waals surface area contributed by atoms with Gasteiger partial charge in [-0.25, -0.2) is 0 Å². The van der Waals surface area contributed by atoms with Crippen LogP contribution in [0.5, 0.6) is 0 Å². The number of nitrogens with zero attached hydrogens (tertiary/aromatic N) is 3. The summed E-state index contributed by atoms with van der Waals surface area (Å²) in [6.07, 6.45) is 2.61. The predicted molar refractivity (Wildman–Crippen MR) is 153 cm³/mol. The molecule has 1 saturated heterocycles. The van der Waals surface area contributed by atoms with E-state index < -0.39 is 0 Å². The Morgan fingerprint density at radius 1 is 1.05 bits per heavy atom. The summed E-state index contributed by atoms with van der Waals surface area (Å²) in [5.41, 5.74) is 1.51. The van der Waals surface area contributed by atoms with Gasteiger partial charge in [-0.2, -0.15) is 0 Å². The molecule has 2 aromatic carbocycles. The molecule has 0 spiro atoms. The van der Waals surface area contributed by atoms with Crippen LogP contribution in [-0.2, 0) is 16.0 Å². The number of halogens is 1. The van der Waals surface area contributed by atoms with E-state index in [1.165, 1.54) is 11.3 Å². The normalized spacial score (nSPS) is 14.8. The van der Waals surface area contributed by atoms with Gasteiger partial charge < -0.3 is 15.5 Å². The number of anilines is 2. The molecule has 3 aromatic rings. The number of likely N-dealkylation sites (tertiary alicyclic amines) is 1. The third-order valence-electron chi connectivity index (χ3n) is 6.18. The number of carbonyl (C=O) groups excluding carboxylic acids is 4.